The predicted molar refractivity (Wildman–Crippen MR) is 78.5 cm³/mol. The maximum Gasteiger partial charge on any atom is 0.260 e. The van der Waals surface area contributed by atoms with Crippen LogP contribution in [-0.4, -0.2) is 38.9 Å². The van der Waals surface area contributed by atoms with Gasteiger partial charge < -0.3 is 25.3 Å². The average molecular weight is 294 g/mol. The Labute approximate surface area is 124 Å². The second-order valence-electron chi connectivity index (χ2n) is 5.01. The van der Waals surface area contributed by atoms with Crippen LogP contribution in [0.4, 0.5) is 0 Å². The van der Waals surface area contributed by atoms with Gasteiger partial charge >= 0.3 is 0 Å². The van der Waals surface area contributed by atoms with Crippen molar-refractivity contribution in [1.82, 2.24) is 5.32 Å². The highest BCUT2D eigenvalue weighted by Crippen LogP contribution is 2.34. The molecule has 6 heteroatoms. The van der Waals surface area contributed by atoms with Gasteiger partial charge in [0, 0.05) is 31.9 Å². The Bertz CT molecular complexity index is 493. The average Bonchev–Trinajstić information content (AvgIpc) is 2.84. The van der Waals surface area contributed by atoms with Crippen molar-refractivity contribution in [1.29, 1.82) is 0 Å². The molecule has 3 N–H and O–H groups in total. The van der Waals surface area contributed by atoms with E-state index in [9.17, 15) is 4.79 Å². The zero-order valence-corrected chi connectivity index (χ0v) is 12.4. The minimum absolute atomic E-state index is 0.0874. The van der Waals surface area contributed by atoms with E-state index in [2.05, 4.69) is 5.32 Å². The van der Waals surface area contributed by atoms with Gasteiger partial charge in [-0.15, -0.1) is 0 Å². The minimum atomic E-state index is -0.569. The molecule has 2 atom stereocenters. The van der Waals surface area contributed by atoms with Crippen molar-refractivity contribution in [3.63, 3.8) is 0 Å². The summed E-state index contributed by atoms with van der Waals surface area (Å²) in [5, 5.41) is 2.80. The van der Waals surface area contributed by atoms with E-state index in [0.29, 0.717) is 25.5 Å². The van der Waals surface area contributed by atoms with Gasteiger partial charge in [0.15, 0.2) is 6.10 Å². The van der Waals surface area contributed by atoms with Crippen molar-refractivity contribution in [3.8, 4) is 11.5 Å². The number of hydrogen-bond donors (Lipinski definition) is 2. The molecule has 2 unspecified atom stereocenters. The first-order valence-corrected chi connectivity index (χ1v) is 7.07. The molecular weight excluding hydrogens is 272 g/mol. The highest BCUT2D eigenvalue weighted by Gasteiger charge is 2.22. The van der Waals surface area contributed by atoms with Gasteiger partial charge in [-0.2, -0.15) is 0 Å². The molecule has 21 heavy (non-hydrogen) atoms. The second-order valence-corrected chi connectivity index (χ2v) is 5.01. The Balaban J connectivity index is 1.85. The third-order valence-electron chi connectivity index (χ3n) is 3.31. The first kappa shape index (κ1) is 15.6. The van der Waals surface area contributed by atoms with Crippen molar-refractivity contribution in [2.75, 3.05) is 26.9 Å². The van der Waals surface area contributed by atoms with Crippen molar-refractivity contribution < 1.29 is 19.0 Å². The largest absolute Gasteiger partial charge is 0.491 e. The summed E-state index contributed by atoms with van der Waals surface area (Å²) in [5.41, 5.74) is 6.86. The molecule has 1 aliphatic rings. The topological polar surface area (TPSA) is 82.8 Å². The number of methoxy groups -OCH3 is 1. The number of carbonyl (C=O) groups excluding carboxylic acids is 1. The zero-order valence-electron chi connectivity index (χ0n) is 12.4. The van der Waals surface area contributed by atoms with Crippen molar-refractivity contribution >= 4 is 5.91 Å². The van der Waals surface area contributed by atoms with Gasteiger partial charge in [0.25, 0.3) is 5.91 Å². The van der Waals surface area contributed by atoms with Gasteiger partial charge in [-0.1, -0.05) is 0 Å². The summed E-state index contributed by atoms with van der Waals surface area (Å²) in [5.74, 6) is 1.18. The number of nitrogens with two attached hydrogens (primary N) is 1. The second kappa shape index (κ2) is 7.28. The number of benzene rings is 1. The molecule has 0 bridgehead atoms. The molecule has 116 valence electrons. The molecule has 0 aromatic heterocycles. The Morgan fingerprint density at radius 3 is 3.14 bits per heavy atom. The molecular formula is C15H22N2O4. The molecule has 0 aliphatic carbocycles. The summed E-state index contributed by atoms with van der Waals surface area (Å²) in [6, 6.07) is 5.38. The van der Waals surface area contributed by atoms with E-state index in [0.717, 1.165) is 17.7 Å². The number of hydrogen-bond acceptors (Lipinski definition) is 5. The van der Waals surface area contributed by atoms with Crippen LogP contribution >= 0.6 is 0 Å². The SMILES string of the molecule is COCCCNC(=O)C(C)Oc1ccc2c(c1)OCC2N. The Hall–Kier alpha value is -1.79. The van der Waals surface area contributed by atoms with Crippen LogP contribution in [0.15, 0.2) is 18.2 Å². The number of fused-ring (bicyclic) bond motifs is 1. The smallest absolute Gasteiger partial charge is 0.260 e. The lowest BCUT2D eigenvalue weighted by Crippen LogP contribution is -2.37. The van der Waals surface area contributed by atoms with Gasteiger partial charge in [-0.3, -0.25) is 4.79 Å². The zero-order chi connectivity index (χ0) is 15.2. The lowest BCUT2D eigenvalue weighted by Gasteiger charge is -2.15. The van der Waals surface area contributed by atoms with E-state index >= 15 is 0 Å². The first-order valence-electron chi connectivity index (χ1n) is 7.07. The molecule has 0 radical (unpaired) electrons. The number of ether oxygens (including phenoxy) is 3. The molecule has 1 aliphatic heterocycles. The van der Waals surface area contributed by atoms with E-state index in [1.54, 1.807) is 20.1 Å². The molecule has 0 saturated heterocycles. The van der Waals surface area contributed by atoms with E-state index in [-0.39, 0.29) is 11.9 Å². The lowest BCUT2D eigenvalue weighted by molar-refractivity contribution is -0.127. The van der Waals surface area contributed by atoms with Gasteiger partial charge in [0.05, 0.1) is 6.04 Å². The maximum atomic E-state index is 11.9. The van der Waals surface area contributed by atoms with Gasteiger partial charge in [-0.25, -0.2) is 0 Å². The van der Waals surface area contributed by atoms with E-state index < -0.39 is 6.10 Å². The van der Waals surface area contributed by atoms with Crippen LogP contribution in [0.1, 0.15) is 24.9 Å². The van der Waals surface area contributed by atoms with Crippen LogP contribution < -0.4 is 20.5 Å². The van der Waals surface area contributed by atoms with Crippen molar-refractivity contribution in [2.45, 2.75) is 25.5 Å². The summed E-state index contributed by atoms with van der Waals surface area (Å²) in [7, 11) is 1.63. The quantitative estimate of drug-likeness (QED) is 0.733. The summed E-state index contributed by atoms with van der Waals surface area (Å²) < 4.78 is 16.0. The molecule has 2 rings (SSSR count). The van der Waals surface area contributed by atoms with Gasteiger partial charge in [0.1, 0.15) is 18.1 Å². The van der Waals surface area contributed by atoms with E-state index in [4.69, 9.17) is 19.9 Å². The van der Waals surface area contributed by atoms with Crippen LogP contribution in [0.5, 0.6) is 11.5 Å². The summed E-state index contributed by atoms with van der Waals surface area (Å²) >= 11 is 0. The number of amides is 1. The van der Waals surface area contributed by atoms with E-state index in [1.807, 2.05) is 12.1 Å². The minimum Gasteiger partial charge on any atom is -0.491 e. The normalized spacial score (nSPS) is 17.8. The molecule has 0 fully saturated rings. The van der Waals surface area contributed by atoms with Crippen LogP contribution in [0.25, 0.3) is 0 Å². The molecule has 1 aromatic rings. The molecule has 1 aromatic carbocycles. The molecule has 1 heterocycles. The van der Waals surface area contributed by atoms with Crippen molar-refractivity contribution in [3.05, 3.63) is 23.8 Å². The highest BCUT2D eigenvalue weighted by atomic mass is 16.5. The fourth-order valence-corrected chi connectivity index (χ4v) is 2.12. The van der Waals surface area contributed by atoms with Crippen molar-refractivity contribution in [2.24, 2.45) is 5.73 Å². The van der Waals surface area contributed by atoms with Gasteiger partial charge in [-0.05, 0) is 25.5 Å². The standard InChI is InChI=1S/C15H22N2O4/c1-10(15(18)17-6-3-7-19-2)21-11-4-5-12-13(16)9-20-14(12)8-11/h4-5,8,10,13H,3,6-7,9,16H2,1-2H3,(H,17,18). The first-order chi connectivity index (χ1) is 10.1. The number of nitrogens with one attached hydrogen (secondary N) is 1. The Morgan fingerprint density at radius 2 is 2.38 bits per heavy atom. The third-order valence-corrected chi connectivity index (χ3v) is 3.31. The van der Waals surface area contributed by atoms with Crippen LogP contribution in [-0.2, 0) is 9.53 Å². The monoisotopic (exact) mass is 294 g/mol. The molecule has 0 spiro atoms. The highest BCUT2D eigenvalue weighted by molar-refractivity contribution is 5.80. The summed E-state index contributed by atoms with van der Waals surface area (Å²) in [6.45, 7) is 3.39. The van der Waals surface area contributed by atoms with Crippen LogP contribution in [0.2, 0.25) is 0 Å². The fraction of sp³-hybridized carbons (Fsp3) is 0.533. The Morgan fingerprint density at radius 1 is 1.57 bits per heavy atom. The number of rotatable bonds is 7. The summed E-state index contributed by atoms with van der Waals surface area (Å²) in [4.78, 5) is 11.9. The summed E-state index contributed by atoms with van der Waals surface area (Å²) in [6.07, 6.45) is 0.208. The van der Waals surface area contributed by atoms with Crippen LogP contribution in [0, 0.1) is 0 Å². The maximum absolute atomic E-state index is 11.9. The molecule has 6 nitrogen and oxygen atoms in total. The molecule has 1 amide bonds. The lowest BCUT2D eigenvalue weighted by atomic mass is 10.1. The van der Waals surface area contributed by atoms with E-state index in [1.165, 1.54) is 0 Å². The number of carbonyl (C=O) groups is 1. The molecule has 0 saturated carbocycles. The van der Waals surface area contributed by atoms with Gasteiger partial charge in [0.2, 0.25) is 0 Å². The third kappa shape index (κ3) is 4.09. The fourth-order valence-electron chi connectivity index (χ4n) is 2.12. The predicted octanol–water partition coefficient (Wildman–Crippen LogP) is 0.999. The van der Waals surface area contributed by atoms with Crippen LogP contribution in [0.3, 0.4) is 0 Å². The Kier molecular flexibility index (Phi) is 5.41.